The summed E-state index contributed by atoms with van der Waals surface area (Å²) >= 11 is 1.64. The number of methoxy groups -OCH3 is 1. The van der Waals surface area contributed by atoms with Gasteiger partial charge in [0.25, 0.3) is 0 Å². The van der Waals surface area contributed by atoms with Crippen LogP contribution in [0.25, 0.3) is 10.9 Å². The Balaban J connectivity index is 1.56. The quantitative estimate of drug-likeness (QED) is 0.467. The smallest absolute Gasteiger partial charge is 0.193 e. The summed E-state index contributed by atoms with van der Waals surface area (Å²) in [6.45, 7) is 5.67. The zero-order valence-electron chi connectivity index (χ0n) is 17.2. The summed E-state index contributed by atoms with van der Waals surface area (Å²) in [6, 6.07) is 6.42. The topological polar surface area (TPSA) is 65.5 Å². The number of guanidine groups is 1. The zero-order chi connectivity index (χ0) is 20.1. The Kier molecular flexibility index (Phi) is 6.70. The Morgan fingerprint density at radius 3 is 3.00 bits per heavy atom. The summed E-state index contributed by atoms with van der Waals surface area (Å²) < 4.78 is 5.35. The van der Waals surface area contributed by atoms with Crippen LogP contribution in [-0.2, 0) is 17.7 Å². The minimum Gasteiger partial charge on any atom is -0.375 e. The average Bonchev–Trinajstić information content (AvgIpc) is 3.32. The maximum absolute atomic E-state index is 5.35. The number of rotatable bonds is 7. The van der Waals surface area contributed by atoms with Crippen LogP contribution >= 0.6 is 11.3 Å². The molecule has 1 atom stereocenters. The number of fused-ring (bicyclic) bond motifs is 1. The van der Waals surface area contributed by atoms with Crippen molar-refractivity contribution in [2.24, 2.45) is 4.99 Å². The highest BCUT2D eigenvalue weighted by atomic mass is 32.1. The fourth-order valence-electron chi connectivity index (χ4n) is 3.27. The Hall–Kier alpha value is -2.38. The number of aromatic nitrogens is 2. The van der Waals surface area contributed by atoms with Gasteiger partial charge in [0.05, 0.1) is 12.2 Å². The van der Waals surface area contributed by atoms with Crippen molar-refractivity contribution in [2.45, 2.75) is 32.9 Å². The van der Waals surface area contributed by atoms with Gasteiger partial charge >= 0.3 is 0 Å². The first kappa shape index (κ1) is 20.4. The lowest BCUT2D eigenvalue weighted by atomic mass is 10.1. The van der Waals surface area contributed by atoms with E-state index >= 15 is 0 Å². The molecule has 0 spiro atoms. The molecule has 0 aliphatic carbocycles. The molecule has 0 radical (unpaired) electrons. The van der Waals surface area contributed by atoms with Gasteiger partial charge in [-0.05, 0) is 31.4 Å². The Labute approximate surface area is 170 Å². The Morgan fingerprint density at radius 2 is 2.25 bits per heavy atom. The van der Waals surface area contributed by atoms with Gasteiger partial charge in [0.2, 0.25) is 0 Å². The molecule has 0 bridgehead atoms. The lowest BCUT2D eigenvalue weighted by molar-refractivity contribution is 0.119. The van der Waals surface area contributed by atoms with E-state index in [0.29, 0.717) is 6.54 Å². The molecule has 2 N–H and O–H groups in total. The largest absolute Gasteiger partial charge is 0.375 e. The first-order valence-corrected chi connectivity index (χ1v) is 10.4. The highest BCUT2D eigenvalue weighted by Gasteiger charge is 2.13. The van der Waals surface area contributed by atoms with E-state index in [1.165, 1.54) is 22.0 Å². The number of nitrogens with one attached hydrogen (secondary N) is 2. The van der Waals surface area contributed by atoms with Gasteiger partial charge in [0.1, 0.15) is 11.1 Å². The summed E-state index contributed by atoms with van der Waals surface area (Å²) in [6.07, 6.45) is 3.07. The van der Waals surface area contributed by atoms with Gasteiger partial charge in [0, 0.05) is 50.2 Å². The monoisotopic (exact) mass is 399 g/mol. The first-order valence-electron chi connectivity index (χ1n) is 9.48. The standard InChI is InChI=1S/C21H29N5OS/c1-14-7-6-8-18-16(11-24-19(14)18)9-10-23-21(22-3)26(4)12-17-13-28-20(25-17)15(2)27-5/h6-8,11,13,15,24H,9-10,12H2,1-5H3,(H,22,23). The van der Waals surface area contributed by atoms with Crippen LogP contribution in [0.2, 0.25) is 0 Å². The van der Waals surface area contributed by atoms with Crippen molar-refractivity contribution in [1.82, 2.24) is 20.2 Å². The van der Waals surface area contributed by atoms with E-state index in [9.17, 15) is 0 Å². The fourth-order valence-corrected chi connectivity index (χ4v) is 4.11. The number of aromatic amines is 1. The summed E-state index contributed by atoms with van der Waals surface area (Å²) in [7, 11) is 5.55. The van der Waals surface area contributed by atoms with Crippen molar-refractivity contribution in [1.29, 1.82) is 0 Å². The number of ether oxygens (including phenoxy) is 1. The number of hydrogen-bond donors (Lipinski definition) is 2. The second-order valence-electron chi connectivity index (χ2n) is 6.95. The van der Waals surface area contributed by atoms with E-state index < -0.39 is 0 Å². The SMILES string of the molecule is CN=C(NCCc1c[nH]c2c(C)cccc12)N(C)Cc1csc(C(C)OC)n1. The maximum atomic E-state index is 5.35. The maximum Gasteiger partial charge on any atom is 0.193 e. The molecule has 3 rings (SSSR count). The number of para-hydroxylation sites is 1. The summed E-state index contributed by atoms with van der Waals surface area (Å²) in [4.78, 5) is 14.6. The van der Waals surface area contributed by atoms with E-state index in [1.54, 1.807) is 18.4 Å². The van der Waals surface area contributed by atoms with Gasteiger partial charge in [-0.2, -0.15) is 0 Å². The van der Waals surface area contributed by atoms with Crippen LogP contribution in [-0.4, -0.2) is 48.6 Å². The molecule has 1 aromatic carbocycles. The molecule has 3 aromatic rings. The number of H-pyrrole nitrogens is 1. The molecule has 0 fully saturated rings. The molecule has 150 valence electrons. The van der Waals surface area contributed by atoms with Gasteiger partial charge in [-0.15, -0.1) is 11.3 Å². The molecule has 2 heterocycles. The molecule has 0 amide bonds. The third-order valence-electron chi connectivity index (χ3n) is 4.93. The predicted octanol–water partition coefficient (Wildman–Crippen LogP) is 3.89. The van der Waals surface area contributed by atoms with E-state index in [-0.39, 0.29) is 6.10 Å². The lowest BCUT2D eigenvalue weighted by Crippen LogP contribution is -2.39. The number of nitrogens with zero attached hydrogens (tertiary/aromatic N) is 3. The van der Waals surface area contributed by atoms with Crippen LogP contribution < -0.4 is 5.32 Å². The molecule has 0 saturated carbocycles. The summed E-state index contributed by atoms with van der Waals surface area (Å²) in [5.74, 6) is 0.866. The molecule has 0 aliphatic rings. The normalized spacial score (nSPS) is 13.1. The van der Waals surface area contributed by atoms with Crippen molar-refractivity contribution in [3.05, 3.63) is 51.6 Å². The molecule has 6 nitrogen and oxygen atoms in total. The van der Waals surface area contributed by atoms with Gasteiger partial charge in [-0.1, -0.05) is 18.2 Å². The zero-order valence-corrected chi connectivity index (χ0v) is 18.1. The highest BCUT2D eigenvalue weighted by Crippen LogP contribution is 2.22. The minimum absolute atomic E-state index is 0.0290. The molecule has 0 saturated heterocycles. The third-order valence-corrected chi connectivity index (χ3v) is 5.98. The molecule has 1 unspecified atom stereocenters. The van der Waals surface area contributed by atoms with E-state index in [0.717, 1.165) is 29.6 Å². The van der Waals surface area contributed by atoms with Crippen LogP contribution in [0.4, 0.5) is 0 Å². The van der Waals surface area contributed by atoms with Crippen molar-refractivity contribution >= 4 is 28.2 Å². The number of aryl methyl sites for hydroxylation is 1. The predicted molar refractivity (Wildman–Crippen MR) is 117 cm³/mol. The molecule has 2 aromatic heterocycles. The van der Waals surface area contributed by atoms with E-state index in [4.69, 9.17) is 4.74 Å². The fraction of sp³-hybridized carbons (Fsp3) is 0.429. The van der Waals surface area contributed by atoms with Gasteiger partial charge in [0.15, 0.2) is 5.96 Å². The van der Waals surface area contributed by atoms with Crippen molar-refractivity contribution in [3.63, 3.8) is 0 Å². The molecule has 0 aliphatic heterocycles. The van der Waals surface area contributed by atoms with Crippen molar-refractivity contribution < 1.29 is 4.74 Å². The summed E-state index contributed by atoms with van der Waals surface area (Å²) in [5.41, 5.74) is 4.85. The van der Waals surface area contributed by atoms with Crippen LogP contribution in [0.1, 0.15) is 34.9 Å². The number of hydrogen-bond acceptors (Lipinski definition) is 4. The van der Waals surface area contributed by atoms with E-state index in [2.05, 4.69) is 61.9 Å². The van der Waals surface area contributed by atoms with Crippen molar-refractivity contribution in [2.75, 3.05) is 27.7 Å². The van der Waals surface area contributed by atoms with Crippen LogP contribution in [0.15, 0.2) is 34.8 Å². The third kappa shape index (κ3) is 4.54. The molecular formula is C21H29N5OS. The van der Waals surface area contributed by atoms with Gasteiger partial charge < -0.3 is 19.9 Å². The van der Waals surface area contributed by atoms with Crippen LogP contribution in [0.5, 0.6) is 0 Å². The second-order valence-corrected chi connectivity index (χ2v) is 7.84. The van der Waals surface area contributed by atoms with E-state index in [1.807, 2.05) is 21.0 Å². The first-order chi connectivity index (χ1) is 13.5. The van der Waals surface area contributed by atoms with Gasteiger partial charge in [-0.3, -0.25) is 4.99 Å². The average molecular weight is 400 g/mol. The molecular weight excluding hydrogens is 370 g/mol. The second kappa shape index (κ2) is 9.21. The number of thiazole rings is 1. The molecule has 7 heteroatoms. The number of benzene rings is 1. The Bertz CT molecular complexity index is 945. The number of aliphatic imine (C=N–C) groups is 1. The van der Waals surface area contributed by atoms with Gasteiger partial charge in [-0.25, -0.2) is 4.98 Å². The van der Waals surface area contributed by atoms with Crippen molar-refractivity contribution in [3.8, 4) is 0 Å². The van der Waals surface area contributed by atoms with Crippen LogP contribution in [0, 0.1) is 6.92 Å². The lowest BCUT2D eigenvalue weighted by Gasteiger charge is -2.21. The summed E-state index contributed by atoms with van der Waals surface area (Å²) in [5, 5.41) is 7.85. The molecule has 28 heavy (non-hydrogen) atoms. The van der Waals surface area contributed by atoms with Crippen LogP contribution in [0.3, 0.4) is 0 Å². The Morgan fingerprint density at radius 1 is 1.43 bits per heavy atom. The minimum atomic E-state index is 0.0290. The highest BCUT2D eigenvalue weighted by molar-refractivity contribution is 7.09.